The first-order valence-electron chi connectivity index (χ1n) is 9.66. The number of nitrogens with zero attached hydrogens (tertiary/aromatic N) is 4. The van der Waals surface area contributed by atoms with E-state index >= 15 is 0 Å². The molecule has 164 valence electrons. The zero-order valence-electron chi connectivity index (χ0n) is 17.1. The Morgan fingerprint density at radius 2 is 2.03 bits per heavy atom. The van der Waals surface area contributed by atoms with Crippen LogP contribution in [0.1, 0.15) is 45.7 Å². The van der Waals surface area contributed by atoms with Gasteiger partial charge in [0.2, 0.25) is 11.8 Å². The molecule has 1 saturated heterocycles. The van der Waals surface area contributed by atoms with Gasteiger partial charge < -0.3 is 21.3 Å². The van der Waals surface area contributed by atoms with Crippen molar-refractivity contribution >= 4 is 35.0 Å². The van der Waals surface area contributed by atoms with Crippen LogP contribution in [0.4, 0.5) is 0 Å². The second-order valence-electron chi connectivity index (χ2n) is 7.18. The molecule has 0 saturated carbocycles. The maximum Gasteiger partial charge on any atom is 0.274 e. The number of hydrogen-bond donors (Lipinski definition) is 3. The molecule has 3 unspecified atom stereocenters. The van der Waals surface area contributed by atoms with E-state index in [4.69, 9.17) is 5.73 Å². The van der Waals surface area contributed by atoms with Gasteiger partial charge in [-0.25, -0.2) is 9.97 Å². The summed E-state index contributed by atoms with van der Waals surface area (Å²) in [5.41, 5.74) is 5.66. The van der Waals surface area contributed by atoms with Gasteiger partial charge in [0.25, 0.3) is 11.8 Å². The summed E-state index contributed by atoms with van der Waals surface area (Å²) in [7, 11) is 0. The SMILES string of the molecule is Cc1nc(C(=O)N2CCC(NC(=O)c3cnccn3)CC2C(=O)NC(C)C(N)=O)cs1. The summed E-state index contributed by atoms with van der Waals surface area (Å²) in [5.74, 6) is -2.01. The fourth-order valence-electron chi connectivity index (χ4n) is 3.25. The highest BCUT2D eigenvalue weighted by molar-refractivity contribution is 7.09. The van der Waals surface area contributed by atoms with Gasteiger partial charge in [-0.2, -0.15) is 0 Å². The molecule has 4 amide bonds. The zero-order chi connectivity index (χ0) is 22.5. The van der Waals surface area contributed by atoms with Gasteiger partial charge in [0.15, 0.2) is 0 Å². The molecule has 1 fully saturated rings. The summed E-state index contributed by atoms with van der Waals surface area (Å²) < 4.78 is 0. The highest BCUT2D eigenvalue weighted by Gasteiger charge is 2.38. The molecule has 0 bridgehead atoms. The maximum absolute atomic E-state index is 13.0. The minimum Gasteiger partial charge on any atom is -0.368 e. The Morgan fingerprint density at radius 1 is 1.26 bits per heavy atom. The quantitative estimate of drug-likeness (QED) is 0.547. The molecule has 3 heterocycles. The van der Waals surface area contributed by atoms with E-state index in [1.807, 2.05) is 0 Å². The molecule has 3 atom stereocenters. The third kappa shape index (κ3) is 5.40. The van der Waals surface area contributed by atoms with E-state index in [0.29, 0.717) is 6.42 Å². The van der Waals surface area contributed by atoms with E-state index < -0.39 is 29.8 Å². The monoisotopic (exact) mass is 445 g/mol. The lowest BCUT2D eigenvalue weighted by molar-refractivity contribution is -0.131. The highest BCUT2D eigenvalue weighted by Crippen LogP contribution is 2.22. The van der Waals surface area contributed by atoms with E-state index in [1.54, 1.807) is 12.3 Å². The summed E-state index contributed by atoms with van der Waals surface area (Å²) in [6.45, 7) is 3.48. The molecule has 1 aliphatic heterocycles. The Labute approximate surface area is 182 Å². The van der Waals surface area contributed by atoms with Crippen LogP contribution >= 0.6 is 11.3 Å². The van der Waals surface area contributed by atoms with Gasteiger partial charge in [-0.1, -0.05) is 0 Å². The molecular formula is C19H23N7O4S. The van der Waals surface area contributed by atoms with Crippen molar-refractivity contribution in [3.8, 4) is 0 Å². The van der Waals surface area contributed by atoms with Crippen molar-refractivity contribution in [2.75, 3.05) is 6.54 Å². The number of primary amides is 1. The lowest BCUT2D eigenvalue weighted by atomic mass is 9.95. The van der Waals surface area contributed by atoms with Crippen LogP contribution in [0.3, 0.4) is 0 Å². The van der Waals surface area contributed by atoms with Crippen molar-refractivity contribution < 1.29 is 19.2 Å². The molecule has 0 aromatic carbocycles. The lowest BCUT2D eigenvalue weighted by Gasteiger charge is -2.38. The van der Waals surface area contributed by atoms with Gasteiger partial charge in [-0.05, 0) is 26.7 Å². The van der Waals surface area contributed by atoms with Crippen LogP contribution in [0.5, 0.6) is 0 Å². The first kappa shape index (κ1) is 22.3. The second-order valence-corrected chi connectivity index (χ2v) is 8.25. The van der Waals surface area contributed by atoms with Gasteiger partial charge in [-0.3, -0.25) is 24.2 Å². The van der Waals surface area contributed by atoms with Crippen molar-refractivity contribution in [1.29, 1.82) is 0 Å². The topological polar surface area (TPSA) is 160 Å². The van der Waals surface area contributed by atoms with Crippen molar-refractivity contribution in [3.05, 3.63) is 40.4 Å². The number of piperidine rings is 1. The third-order valence-electron chi connectivity index (χ3n) is 4.92. The van der Waals surface area contributed by atoms with E-state index in [1.165, 1.54) is 41.8 Å². The number of aromatic nitrogens is 3. The van der Waals surface area contributed by atoms with Gasteiger partial charge in [0.1, 0.15) is 23.5 Å². The lowest BCUT2D eigenvalue weighted by Crippen LogP contribution is -2.59. The average molecular weight is 446 g/mol. The van der Waals surface area contributed by atoms with Crippen LogP contribution in [0.2, 0.25) is 0 Å². The molecule has 4 N–H and O–H groups in total. The van der Waals surface area contributed by atoms with Crippen LogP contribution in [-0.2, 0) is 9.59 Å². The number of thiazole rings is 1. The number of rotatable bonds is 6. The number of hydrogen-bond acceptors (Lipinski definition) is 8. The molecular weight excluding hydrogens is 422 g/mol. The number of nitrogens with one attached hydrogen (secondary N) is 2. The van der Waals surface area contributed by atoms with Crippen LogP contribution in [0.15, 0.2) is 24.0 Å². The zero-order valence-corrected chi connectivity index (χ0v) is 17.9. The Hall–Kier alpha value is -3.41. The number of nitrogens with two attached hydrogens (primary N) is 1. The van der Waals surface area contributed by atoms with E-state index in [0.717, 1.165) is 5.01 Å². The molecule has 0 aliphatic carbocycles. The highest BCUT2D eigenvalue weighted by atomic mass is 32.1. The van der Waals surface area contributed by atoms with Crippen LogP contribution in [-0.4, -0.2) is 68.2 Å². The third-order valence-corrected chi connectivity index (χ3v) is 5.69. The van der Waals surface area contributed by atoms with Crippen molar-refractivity contribution in [2.24, 2.45) is 5.73 Å². The largest absolute Gasteiger partial charge is 0.368 e. The molecule has 12 heteroatoms. The number of carbonyl (C=O) groups is 4. The predicted octanol–water partition coefficient (Wildman–Crippen LogP) is -0.365. The average Bonchev–Trinajstić information content (AvgIpc) is 3.20. The molecule has 2 aromatic heterocycles. The predicted molar refractivity (Wildman–Crippen MR) is 111 cm³/mol. The molecule has 0 spiro atoms. The van der Waals surface area contributed by atoms with Gasteiger partial charge in [-0.15, -0.1) is 11.3 Å². The Morgan fingerprint density at radius 3 is 2.65 bits per heavy atom. The molecule has 0 radical (unpaired) electrons. The van der Waals surface area contributed by atoms with Crippen LogP contribution < -0.4 is 16.4 Å². The molecule has 31 heavy (non-hydrogen) atoms. The van der Waals surface area contributed by atoms with Gasteiger partial charge >= 0.3 is 0 Å². The summed E-state index contributed by atoms with van der Waals surface area (Å²) in [6.07, 6.45) is 4.82. The Kier molecular flexibility index (Phi) is 6.90. The first-order valence-corrected chi connectivity index (χ1v) is 10.5. The van der Waals surface area contributed by atoms with Crippen LogP contribution in [0, 0.1) is 6.92 Å². The molecule has 11 nitrogen and oxygen atoms in total. The number of aryl methyl sites for hydroxylation is 1. The summed E-state index contributed by atoms with van der Waals surface area (Å²) in [6, 6.07) is -2.19. The summed E-state index contributed by atoms with van der Waals surface area (Å²) in [4.78, 5) is 63.2. The Bertz CT molecular complexity index is 981. The molecule has 1 aliphatic rings. The normalized spacial score (nSPS) is 19.4. The summed E-state index contributed by atoms with van der Waals surface area (Å²) >= 11 is 1.34. The summed E-state index contributed by atoms with van der Waals surface area (Å²) in [5, 5.41) is 7.74. The maximum atomic E-state index is 13.0. The fourth-order valence-corrected chi connectivity index (χ4v) is 3.84. The minimum atomic E-state index is -0.905. The first-order chi connectivity index (χ1) is 14.8. The van der Waals surface area contributed by atoms with Gasteiger partial charge in [0, 0.05) is 30.4 Å². The number of amides is 4. The number of carbonyl (C=O) groups excluding carboxylic acids is 4. The number of likely N-dealkylation sites (tertiary alicyclic amines) is 1. The standard InChI is InChI=1S/C19H23N7O4S/c1-10(16(20)27)23-18(29)15-7-12(25-17(28)13-8-21-4-5-22-13)3-6-26(15)19(30)14-9-31-11(2)24-14/h4-5,8-10,12,15H,3,6-7H2,1-2H3,(H2,20,27)(H,23,29)(H,25,28). The molecule has 3 rings (SSSR count). The molecule has 2 aromatic rings. The Balaban J connectivity index is 1.77. The second kappa shape index (κ2) is 9.60. The van der Waals surface area contributed by atoms with E-state index in [2.05, 4.69) is 25.6 Å². The van der Waals surface area contributed by atoms with Crippen molar-refractivity contribution in [3.63, 3.8) is 0 Å². The van der Waals surface area contributed by atoms with Crippen molar-refractivity contribution in [1.82, 2.24) is 30.5 Å². The van der Waals surface area contributed by atoms with E-state index in [-0.39, 0.29) is 36.3 Å². The minimum absolute atomic E-state index is 0.155. The fraction of sp³-hybridized carbons (Fsp3) is 0.421. The van der Waals surface area contributed by atoms with Crippen molar-refractivity contribution in [2.45, 2.75) is 44.8 Å². The smallest absolute Gasteiger partial charge is 0.274 e. The van der Waals surface area contributed by atoms with Gasteiger partial charge in [0.05, 0.1) is 11.2 Å². The van der Waals surface area contributed by atoms with Crippen LogP contribution in [0.25, 0.3) is 0 Å². The van der Waals surface area contributed by atoms with E-state index in [9.17, 15) is 19.2 Å².